The van der Waals surface area contributed by atoms with E-state index in [0.717, 1.165) is 19.3 Å². The SMILES string of the molecule is CCOC(=O)c1nn(CCCCCO)cc1N. The smallest absolute Gasteiger partial charge is 0.361 e. The first-order chi connectivity index (χ1) is 8.19. The van der Waals surface area contributed by atoms with Crippen LogP contribution in [0.15, 0.2) is 6.20 Å². The minimum atomic E-state index is -0.487. The van der Waals surface area contributed by atoms with E-state index in [0.29, 0.717) is 18.8 Å². The number of nitrogen functional groups attached to an aromatic ring is 1. The van der Waals surface area contributed by atoms with Crippen molar-refractivity contribution in [2.24, 2.45) is 0 Å². The molecule has 6 heteroatoms. The molecule has 0 fully saturated rings. The number of aryl methyl sites for hydroxylation is 1. The molecule has 0 aliphatic rings. The molecule has 0 aromatic carbocycles. The van der Waals surface area contributed by atoms with E-state index in [1.807, 2.05) is 0 Å². The van der Waals surface area contributed by atoms with E-state index in [-0.39, 0.29) is 12.3 Å². The Hall–Kier alpha value is -1.56. The van der Waals surface area contributed by atoms with Crippen molar-refractivity contribution in [1.29, 1.82) is 0 Å². The first-order valence-electron chi connectivity index (χ1n) is 5.80. The number of aliphatic hydroxyl groups excluding tert-OH is 1. The van der Waals surface area contributed by atoms with Gasteiger partial charge in [0.25, 0.3) is 0 Å². The maximum Gasteiger partial charge on any atom is 0.361 e. The lowest BCUT2D eigenvalue weighted by Gasteiger charge is -2.00. The van der Waals surface area contributed by atoms with Crippen LogP contribution < -0.4 is 5.73 Å². The van der Waals surface area contributed by atoms with Crippen LogP contribution in [0.1, 0.15) is 36.7 Å². The summed E-state index contributed by atoms with van der Waals surface area (Å²) in [5, 5.41) is 12.7. The number of anilines is 1. The van der Waals surface area contributed by atoms with Crippen LogP contribution in [0.25, 0.3) is 0 Å². The molecule has 1 heterocycles. The molecule has 96 valence electrons. The fraction of sp³-hybridized carbons (Fsp3) is 0.636. The molecule has 0 radical (unpaired) electrons. The molecule has 1 aromatic heterocycles. The number of ether oxygens (including phenoxy) is 1. The first-order valence-corrected chi connectivity index (χ1v) is 5.80. The van der Waals surface area contributed by atoms with Gasteiger partial charge in [-0.2, -0.15) is 5.10 Å². The van der Waals surface area contributed by atoms with E-state index < -0.39 is 5.97 Å². The van der Waals surface area contributed by atoms with Gasteiger partial charge >= 0.3 is 5.97 Å². The number of nitrogens with two attached hydrogens (primary N) is 1. The molecule has 1 aromatic rings. The minimum Gasteiger partial charge on any atom is -0.461 e. The molecule has 6 nitrogen and oxygen atoms in total. The molecular formula is C11H19N3O3. The number of aromatic nitrogens is 2. The third-order valence-corrected chi connectivity index (χ3v) is 2.30. The molecule has 3 N–H and O–H groups in total. The maximum absolute atomic E-state index is 11.4. The molecule has 0 spiro atoms. The van der Waals surface area contributed by atoms with E-state index in [1.54, 1.807) is 17.8 Å². The number of carbonyl (C=O) groups is 1. The van der Waals surface area contributed by atoms with Crippen molar-refractivity contribution in [3.8, 4) is 0 Å². The number of hydrogen-bond donors (Lipinski definition) is 2. The van der Waals surface area contributed by atoms with Crippen molar-refractivity contribution in [2.45, 2.75) is 32.7 Å². The molecule has 0 saturated heterocycles. The second kappa shape index (κ2) is 6.90. The minimum absolute atomic E-state index is 0.175. The fourth-order valence-corrected chi connectivity index (χ4v) is 1.47. The van der Waals surface area contributed by atoms with Crippen molar-refractivity contribution in [3.05, 3.63) is 11.9 Å². The van der Waals surface area contributed by atoms with Gasteiger partial charge in [-0.3, -0.25) is 4.68 Å². The van der Waals surface area contributed by atoms with Crippen LogP contribution in [0.4, 0.5) is 5.69 Å². The highest BCUT2D eigenvalue weighted by atomic mass is 16.5. The van der Waals surface area contributed by atoms with E-state index in [4.69, 9.17) is 15.6 Å². The second-order valence-electron chi connectivity index (χ2n) is 3.70. The Morgan fingerprint density at radius 3 is 2.94 bits per heavy atom. The molecule has 1 rings (SSSR count). The van der Waals surface area contributed by atoms with Crippen molar-refractivity contribution in [3.63, 3.8) is 0 Å². The lowest BCUT2D eigenvalue weighted by Crippen LogP contribution is -2.09. The highest BCUT2D eigenvalue weighted by Crippen LogP contribution is 2.11. The van der Waals surface area contributed by atoms with E-state index in [1.165, 1.54) is 0 Å². The predicted octanol–water partition coefficient (Wildman–Crippen LogP) is 0.805. The Bertz CT molecular complexity index is 363. The molecular weight excluding hydrogens is 222 g/mol. The van der Waals surface area contributed by atoms with Gasteiger partial charge in [-0.15, -0.1) is 0 Å². The Kier molecular flexibility index (Phi) is 5.48. The lowest BCUT2D eigenvalue weighted by atomic mass is 10.2. The van der Waals surface area contributed by atoms with Crippen LogP contribution in [0.2, 0.25) is 0 Å². The molecule has 0 unspecified atom stereocenters. The van der Waals surface area contributed by atoms with Gasteiger partial charge in [0.15, 0.2) is 5.69 Å². The summed E-state index contributed by atoms with van der Waals surface area (Å²) in [6.45, 7) is 2.93. The largest absolute Gasteiger partial charge is 0.461 e. The Labute approximate surface area is 100 Å². The van der Waals surface area contributed by atoms with Crippen molar-refractivity contribution < 1.29 is 14.6 Å². The summed E-state index contributed by atoms with van der Waals surface area (Å²) in [5.41, 5.74) is 6.19. The number of nitrogens with zero attached hydrogens (tertiary/aromatic N) is 2. The maximum atomic E-state index is 11.4. The topological polar surface area (TPSA) is 90.4 Å². The van der Waals surface area contributed by atoms with E-state index >= 15 is 0 Å². The number of carbonyl (C=O) groups excluding carboxylic acids is 1. The summed E-state index contributed by atoms with van der Waals surface area (Å²) in [6, 6.07) is 0. The number of unbranched alkanes of at least 4 members (excludes halogenated alkanes) is 2. The summed E-state index contributed by atoms with van der Waals surface area (Å²) >= 11 is 0. The summed E-state index contributed by atoms with van der Waals surface area (Å²) in [4.78, 5) is 11.4. The van der Waals surface area contributed by atoms with Gasteiger partial charge < -0.3 is 15.6 Å². The fourth-order valence-electron chi connectivity index (χ4n) is 1.47. The van der Waals surface area contributed by atoms with Gasteiger partial charge in [-0.1, -0.05) is 0 Å². The third kappa shape index (κ3) is 4.07. The van der Waals surface area contributed by atoms with Gasteiger partial charge in [0.1, 0.15) is 0 Å². The summed E-state index contributed by atoms with van der Waals surface area (Å²) in [7, 11) is 0. The summed E-state index contributed by atoms with van der Waals surface area (Å²) in [6.07, 6.45) is 4.22. The average molecular weight is 241 g/mol. The Morgan fingerprint density at radius 2 is 2.29 bits per heavy atom. The summed E-state index contributed by atoms with van der Waals surface area (Å²) in [5.74, 6) is -0.487. The van der Waals surface area contributed by atoms with E-state index in [9.17, 15) is 4.79 Å². The third-order valence-electron chi connectivity index (χ3n) is 2.30. The van der Waals surface area contributed by atoms with Crippen molar-refractivity contribution in [1.82, 2.24) is 9.78 Å². The predicted molar refractivity (Wildman–Crippen MR) is 63.5 cm³/mol. The van der Waals surface area contributed by atoms with Crippen LogP contribution in [0, 0.1) is 0 Å². The van der Waals surface area contributed by atoms with Crippen molar-refractivity contribution in [2.75, 3.05) is 18.9 Å². The van der Waals surface area contributed by atoms with Crippen LogP contribution >= 0.6 is 0 Å². The molecule has 17 heavy (non-hydrogen) atoms. The van der Waals surface area contributed by atoms with Crippen LogP contribution in [-0.4, -0.2) is 34.1 Å². The standard InChI is InChI=1S/C11H19N3O3/c1-2-17-11(16)10-9(12)8-14(13-10)6-4-3-5-7-15/h8,15H,2-7,12H2,1H3. The van der Waals surface area contributed by atoms with E-state index in [2.05, 4.69) is 5.10 Å². The van der Waals surface area contributed by atoms with Gasteiger partial charge in [0.05, 0.1) is 12.3 Å². The zero-order chi connectivity index (χ0) is 12.7. The van der Waals surface area contributed by atoms with Gasteiger partial charge in [-0.25, -0.2) is 4.79 Å². The van der Waals surface area contributed by atoms with Crippen LogP contribution in [-0.2, 0) is 11.3 Å². The zero-order valence-corrected chi connectivity index (χ0v) is 10.1. The monoisotopic (exact) mass is 241 g/mol. The molecule has 0 bridgehead atoms. The second-order valence-corrected chi connectivity index (χ2v) is 3.70. The molecule has 0 aliphatic heterocycles. The van der Waals surface area contributed by atoms with Gasteiger partial charge in [0, 0.05) is 19.3 Å². The normalized spacial score (nSPS) is 10.5. The quantitative estimate of drug-likeness (QED) is 0.544. The van der Waals surface area contributed by atoms with Gasteiger partial charge in [-0.05, 0) is 26.2 Å². The molecule has 0 atom stereocenters. The number of rotatable bonds is 7. The molecule has 0 saturated carbocycles. The first kappa shape index (κ1) is 13.5. The van der Waals surface area contributed by atoms with Crippen LogP contribution in [0.3, 0.4) is 0 Å². The Balaban J connectivity index is 2.52. The highest BCUT2D eigenvalue weighted by molar-refractivity contribution is 5.92. The average Bonchev–Trinajstić information content (AvgIpc) is 2.66. The highest BCUT2D eigenvalue weighted by Gasteiger charge is 2.15. The Morgan fingerprint density at radius 1 is 1.53 bits per heavy atom. The number of esters is 1. The molecule has 0 aliphatic carbocycles. The zero-order valence-electron chi connectivity index (χ0n) is 10.1. The number of aliphatic hydroxyl groups is 1. The molecule has 0 amide bonds. The lowest BCUT2D eigenvalue weighted by molar-refractivity contribution is 0.0519. The summed E-state index contributed by atoms with van der Waals surface area (Å²) < 4.78 is 6.48. The van der Waals surface area contributed by atoms with Crippen molar-refractivity contribution >= 4 is 11.7 Å². The van der Waals surface area contributed by atoms with Crippen LogP contribution in [0.5, 0.6) is 0 Å². The number of hydrogen-bond acceptors (Lipinski definition) is 5. The van der Waals surface area contributed by atoms with Gasteiger partial charge in [0.2, 0.25) is 0 Å².